The zero-order chi connectivity index (χ0) is 23.7. The highest BCUT2D eigenvalue weighted by Gasteiger charge is 2.37. The van der Waals surface area contributed by atoms with E-state index in [1.165, 1.54) is 49.6 Å². The molecule has 0 aliphatic heterocycles. The molecule has 1 aliphatic rings. The Bertz CT molecular complexity index is 1440. The number of benzene rings is 3. The normalized spacial score (nSPS) is 13.5. The molecule has 0 N–H and O–H groups in total. The van der Waals surface area contributed by atoms with Crippen LogP contribution in [0.3, 0.4) is 0 Å². The molecule has 156 valence electrons. The minimum Gasteiger partial charge on any atom is -0.208 e. The summed E-state index contributed by atoms with van der Waals surface area (Å²) in [6, 6.07) is 15.0. The highest BCUT2D eigenvalue weighted by Crippen LogP contribution is 2.51. The molecule has 1 aromatic heterocycles. The lowest BCUT2D eigenvalue weighted by molar-refractivity contribution is 0.660. The first kappa shape index (κ1) is 22.1. The van der Waals surface area contributed by atoms with Crippen LogP contribution in [0.15, 0.2) is 42.5 Å². The third kappa shape index (κ3) is 3.22. The first-order chi connectivity index (χ1) is 15.6. The van der Waals surface area contributed by atoms with Crippen molar-refractivity contribution >= 4 is 78.1 Å². The molecule has 0 saturated carbocycles. The van der Waals surface area contributed by atoms with Crippen LogP contribution in [0.1, 0.15) is 25.0 Å². The van der Waals surface area contributed by atoms with E-state index in [0.29, 0.717) is 11.6 Å². The molecule has 9 heteroatoms. The van der Waals surface area contributed by atoms with Gasteiger partial charge in [-0.2, -0.15) is 9.97 Å². The van der Waals surface area contributed by atoms with Crippen molar-refractivity contribution in [2.45, 2.75) is 19.3 Å². The van der Waals surface area contributed by atoms with Crippen LogP contribution < -0.4 is 27.3 Å². The molecule has 0 unspecified atom stereocenters. The van der Waals surface area contributed by atoms with Crippen molar-refractivity contribution in [3.05, 3.63) is 58.9 Å². The van der Waals surface area contributed by atoms with E-state index in [9.17, 15) is 0 Å². The first-order valence-corrected chi connectivity index (χ1v) is 11.7. The molecule has 1 aliphatic carbocycles. The first-order valence-electron chi connectivity index (χ1n) is 11.4. The fourth-order valence-electron chi connectivity index (χ4n) is 5.36. The van der Waals surface area contributed by atoms with E-state index in [1.807, 2.05) is 0 Å². The van der Waals surface area contributed by atoms with Crippen molar-refractivity contribution in [1.82, 2.24) is 15.0 Å². The monoisotopic (exact) mass is 443 g/mol. The van der Waals surface area contributed by atoms with Crippen LogP contribution in [0.5, 0.6) is 0 Å². The van der Waals surface area contributed by atoms with Crippen molar-refractivity contribution in [2.75, 3.05) is 0 Å². The molecule has 0 radical (unpaired) electrons. The zero-order valence-electron chi connectivity index (χ0n) is 20.3. The van der Waals surface area contributed by atoms with Gasteiger partial charge in [0.1, 0.15) is 39.2 Å². The van der Waals surface area contributed by atoms with E-state index in [4.69, 9.17) is 16.6 Å². The maximum absolute atomic E-state index is 6.51. The number of rotatable bonds is 2. The molecule has 1 heterocycles. The average molecular weight is 443 g/mol. The second kappa shape index (κ2) is 7.67. The third-order valence-electron chi connectivity index (χ3n) is 7.68. The molecule has 0 saturated heterocycles. The second-order valence-corrected chi connectivity index (χ2v) is 9.99. The summed E-state index contributed by atoms with van der Waals surface area (Å²) in [6.45, 7) is 4.55. The lowest BCUT2D eigenvalue weighted by Gasteiger charge is -2.21. The Morgan fingerprint density at radius 3 is 1.85 bits per heavy atom. The molecule has 0 amide bonds. The van der Waals surface area contributed by atoms with Crippen LogP contribution in [0.25, 0.3) is 33.9 Å². The molecule has 5 rings (SSSR count). The van der Waals surface area contributed by atoms with Gasteiger partial charge < -0.3 is 0 Å². The Kier molecular flexibility index (Phi) is 5.13. The predicted octanol–water partition coefficient (Wildman–Crippen LogP) is -2.54. The average Bonchev–Trinajstić information content (AvgIpc) is 3.03. The molecule has 0 spiro atoms. The van der Waals surface area contributed by atoms with Gasteiger partial charge in [0.15, 0.2) is 11.6 Å². The van der Waals surface area contributed by atoms with E-state index in [2.05, 4.69) is 106 Å². The molecule has 0 fully saturated rings. The topological polar surface area (TPSA) is 38.7 Å². The molecule has 0 bridgehead atoms. The van der Waals surface area contributed by atoms with Gasteiger partial charge >= 0.3 is 0 Å². The van der Waals surface area contributed by atoms with E-state index in [1.54, 1.807) is 0 Å². The van der Waals surface area contributed by atoms with Gasteiger partial charge in [0.25, 0.3) is 0 Å². The Labute approximate surface area is 204 Å². The van der Waals surface area contributed by atoms with Crippen LogP contribution >= 0.6 is 11.6 Å². The van der Waals surface area contributed by atoms with E-state index in [0.717, 1.165) is 11.1 Å². The van der Waals surface area contributed by atoms with Gasteiger partial charge in [-0.3, -0.25) is 0 Å². The third-order valence-corrected chi connectivity index (χ3v) is 7.85. The maximum atomic E-state index is 6.51. The summed E-state index contributed by atoms with van der Waals surface area (Å²) in [4.78, 5) is 14.2. The van der Waals surface area contributed by atoms with E-state index < -0.39 is 0 Å². The molecular formula is C24H23B5ClN3. The van der Waals surface area contributed by atoms with Gasteiger partial charge in [-0.05, 0) is 33.9 Å². The minimum atomic E-state index is -0.0834. The fraction of sp³-hybridized carbons (Fsp3) is 0.125. The Balaban J connectivity index is 1.79. The van der Waals surface area contributed by atoms with Crippen LogP contribution in [0, 0.1) is 0 Å². The minimum absolute atomic E-state index is 0.0834. The van der Waals surface area contributed by atoms with Gasteiger partial charge in [-0.1, -0.05) is 67.2 Å². The molecule has 4 aromatic rings. The van der Waals surface area contributed by atoms with Crippen molar-refractivity contribution in [2.24, 2.45) is 0 Å². The second-order valence-electron chi connectivity index (χ2n) is 9.65. The Hall–Kier alpha value is -2.72. The van der Waals surface area contributed by atoms with Crippen LogP contribution in [0.4, 0.5) is 0 Å². The highest BCUT2D eigenvalue weighted by atomic mass is 35.5. The summed E-state index contributed by atoms with van der Waals surface area (Å²) >= 11 is 6.51. The molecular weight excluding hydrogens is 420 g/mol. The molecule has 0 atom stereocenters. The highest BCUT2D eigenvalue weighted by molar-refractivity contribution is 6.68. The molecule has 3 aromatic carbocycles. The van der Waals surface area contributed by atoms with Gasteiger partial charge in [-0.15, -0.1) is 16.4 Å². The van der Waals surface area contributed by atoms with Crippen molar-refractivity contribution < 1.29 is 0 Å². The zero-order valence-corrected chi connectivity index (χ0v) is 21.0. The van der Waals surface area contributed by atoms with Crippen molar-refractivity contribution in [3.63, 3.8) is 0 Å². The van der Waals surface area contributed by atoms with Gasteiger partial charge in [0.05, 0.1) is 0 Å². The van der Waals surface area contributed by atoms with E-state index >= 15 is 0 Å². The lowest BCUT2D eigenvalue weighted by atomic mass is 9.60. The number of halogens is 1. The smallest absolute Gasteiger partial charge is 0.208 e. The number of nitrogens with zero attached hydrogens (tertiary/aromatic N) is 3. The van der Waals surface area contributed by atoms with Gasteiger partial charge in [0, 0.05) is 16.5 Å². The predicted molar refractivity (Wildman–Crippen MR) is 154 cm³/mol. The summed E-state index contributed by atoms with van der Waals surface area (Å²) in [5.74, 6) is 1.25. The largest absolute Gasteiger partial charge is 0.226 e. The summed E-state index contributed by atoms with van der Waals surface area (Å²) in [5, 5.41) is 0.216. The van der Waals surface area contributed by atoms with Crippen LogP contribution in [-0.4, -0.2) is 54.2 Å². The van der Waals surface area contributed by atoms with Crippen molar-refractivity contribution in [1.29, 1.82) is 0 Å². The number of hydrogen-bond donors (Lipinski definition) is 0. The Morgan fingerprint density at radius 1 is 0.606 bits per heavy atom. The molecule has 3 nitrogen and oxygen atoms in total. The van der Waals surface area contributed by atoms with Gasteiger partial charge in [-0.25, -0.2) is 4.98 Å². The molecule has 33 heavy (non-hydrogen) atoms. The summed E-state index contributed by atoms with van der Waals surface area (Å²) in [7, 11) is 10.8. The Morgan fingerprint density at radius 2 is 1.15 bits per heavy atom. The van der Waals surface area contributed by atoms with Crippen LogP contribution in [-0.2, 0) is 5.41 Å². The lowest BCUT2D eigenvalue weighted by Crippen LogP contribution is -2.55. The number of hydrogen-bond acceptors (Lipinski definition) is 3. The summed E-state index contributed by atoms with van der Waals surface area (Å²) in [6.07, 6.45) is 0. The number of aromatic nitrogens is 3. The van der Waals surface area contributed by atoms with Gasteiger partial charge in [0.2, 0.25) is 5.28 Å². The standard InChI is InChI=1S/C24H23B5ClN3/c1-24(2)12-8-4-3-6-10(12)14-11(7-5-9-13(14)24)21-31-22(33-23(30)32-21)15-16(25)18(27)20(29)19(28)17(15)26/h3-9H,25-29H2,1-2H3. The fourth-order valence-corrected chi connectivity index (χ4v) is 5.52. The van der Waals surface area contributed by atoms with Crippen LogP contribution in [0.2, 0.25) is 5.28 Å². The van der Waals surface area contributed by atoms with E-state index in [-0.39, 0.29) is 10.7 Å². The number of fused-ring (bicyclic) bond motifs is 3. The maximum Gasteiger partial charge on any atom is 0.226 e. The van der Waals surface area contributed by atoms with Crippen molar-refractivity contribution in [3.8, 4) is 33.9 Å². The summed E-state index contributed by atoms with van der Waals surface area (Å²) in [5.41, 5.74) is 13.2. The SMILES string of the molecule is Bc1c(B)c(B)c(-c2nc(Cl)nc(-c3cccc4c3-c3ccccc3C4(C)C)n2)c(B)c1B. The summed E-state index contributed by atoms with van der Waals surface area (Å²) < 4.78 is 0. The quantitative estimate of drug-likeness (QED) is 0.321.